The second-order valence-electron chi connectivity index (χ2n) is 4.26. The van der Waals surface area contributed by atoms with Crippen LogP contribution in [0.15, 0.2) is 42.5 Å². The van der Waals surface area contributed by atoms with Gasteiger partial charge in [0.25, 0.3) is 0 Å². The summed E-state index contributed by atoms with van der Waals surface area (Å²) in [6.07, 6.45) is 0.874. The minimum absolute atomic E-state index is 0.107. The quantitative estimate of drug-likeness (QED) is 0.819. The van der Waals surface area contributed by atoms with Gasteiger partial charge in [0.05, 0.1) is 10.7 Å². The number of para-hydroxylation sites is 1. The summed E-state index contributed by atoms with van der Waals surface area (Å²) in [7, 11) is 0. The number of amides is 1. The van der Waals surface area contributed by atoms with Gasteiger partial charge in [0, 0.05) is 16.5 Å². The van der Waals surface area contributed by atoms with E-state index in [1.54, 1.807) is 24.3 Å². The summed E-state index contributed by atoms with van der Waals surface area (Å²) in [5.74, 6) is -0.107. The van der Waals surface area contributed by atoms with Crippen molar-refractivity contribution >= 4 is 46.4 Å². The number of rotatable bonds is 4. The van der Waals surface area contributed by atoms with Gasteiger partial charge in [0.2, 0.25) is 5.91 Å². The van der Waals surface area contributed by atoms with Crippen LogP contribution < -0.4 is 5.32 Å². The highest BCUT2D eigenvalue weighted by Crippen LogP contribution is 2.23. The molecular formula is C15H12Cl3NO. The van der Waals surface area contributed by atoms with E-state index in [-0.39, 0.29) is 5.91 Å². The lowest BCUT2D eigenvalue weighted by molar-refractivity contribution is -0.116. The molecule has 1 amide bonds. The predicted molar refractivity (Wildman–Crippen MR) is 84.9 cm³/mol. The Kier molecular flexibility index (Phi) is 5.30. The Hall–Kier alpha value is -1.22. The molecule has 0 radical (unpaired) electrons. The molecule has 0 saturated carbocycles. The summed E-state index contributed by atoms with van der Waals surface area (Å²) < 4.78 is 0. The highest BCUT2D eigenvalue weighted by Gasteiger charge is 2.07. The molecule has 0 aliphatic rings. The van der Waals surface area contributed by atoms with Gasteiger partial charge in [0.1, 0.15) is 0 Å². The lowest BCUT2D eigenvalue weighted by Gasteiger charge is -2.08. The zero-order valence-electron chi connectivity index (χ0n) is 10.5. The first-order chi connectivity index (χ1) is 9.56. The van der Waals surface area contributed by atoms with E-state index < -0.39 is 0 Å². The van der Waals surface area contributed by atoms with E-state index in [0.29, 0.717) is 33.6 Å². The van der Waals surface area contributed by atoms with Crippen LogP contribution in [0.4, 0.5) is 5.69 Å². The number of benzene rings is 2. The monoisotopic (exact) mass is 327 g/mol. The van der Waals surface area contributed by atoms with Gasteiger partial charge in [-0.3, -0.25) is 4.79 Å². The fourth-order valence-electron chi connectivity index (χ4n) is 1.75. The Bertz CT molecular complexity index is 628. The van der Waals surface area contributed by atoms with Gasteiger partial charge in [0.15, 0.2) is 0 Å². The van der Waals surface area contributed by atoms with Crippen LogP contribution in [-0.2, 0) is 11.2 Å². The summed E-state index contributed by atoms with van der Waals surface area (Å²) in [5, 5.41) is 4.45. The highest BCUT2D eigenvalue weighted by atomic mass is 35.5. The van der Waals surface area contributed by atoms with Crippen molar-refractivity contribution in [2.75, 3.05) is 5.32 Å². The summed E-state index contributed by atoms with van der Waals surface area (Å²) in [5.41, 5.74) is 1.51. The molecule has 2 aromatic rings. The first-order valence-corrected chi connectivity index (χ1v) is 7.18. The largest absolute Gasteiger partial charge is 0.325 e. The molecule has 0 bridgehead atoms. The number of hydrogen-bond donors (Lipinski definition) is 1. The molecule has 0 atom stereocenters. The molecule has 0 saturated heterocycles. The predicted octanol–water partition coefficient (Wildman–Crippen LogP) is 5.22. The zero-order valence-corrected chi connectivity index (χ0v) is 12.8. The third kappa shape index (κ3) is 4.14. The van der Waals surface area contributed by atoms with Crippen LogP contribution in [0, 0.1) is 0 Å². The normalized spacial score (nSPS) is 10.3. The van der Waals surface area contributed by atoms with Crippen LogP contribution in [0.2, 0.25) is 15.1 Å². The second-order valence-corrected chi connectivity index (χ2v) is 5.51. The number of aryl methyl sites for hydroxylation is 1. The van der Waals surface area contributed by atoms with E-state index in [2.05, 4.69) is 5.32 Å². The van der Waals surface area contributed by atoms with E-state index in [0.717, 1.165) is 5.56 Å². The van der Waals surface area contributed by atoms with Crippen molar-refractivity contribution in [3.63, 3.8) is 0 Å². The van der Waals surface area contributed by atoms with Crippen molar-refractivity contribution in [3.8, 4) is 0 Å². The molecule has 0 aliphatic heterocycles. The Morgan fingerprint density at radius 3 is 2.45 bits per heavy atom. The molecule has 0 unspecified atom stereocenters. The van der Waals surface area contributed by atoms with Crippen molar-refractivity contribution < 1.29 is 4.79 Å². The Balaban J connectivity index is 1.94. The van der Waals surface area contributed by atoms with Crippen molar-refractivity contribution in [1.29, 1.82) is 0 Å². The van der Waals surface area contributed by atoms with E-state index >= 15 is 0 Å². The Morgan fingerprint density at radius 1 is 1.00 bits per heavy atom. The first-order valence-electron chi connectivity index (χ1n) is 6.04. The van der Waals surface area contributed by atoms with Crippen molar-refractivity contribution in [2.24, 2.45) is 0 Å². The molecule has 2 rings (SSSR count). The summed E-state index contributed by atoms with van der Waals surface area (Å²) in [6, 6.07) is 12.4. The second kappa shape index (κ2) is 6.98. The molecule has 0 aliphatic carbocycles. The average molecular weight is 329 g/mol. The number of nitrogens with one attached hydrogen (secondary N) is 1. The number of hydrogen-bond acceptors (Lipinski definition) is 1. The summed E-state index contributed by atoms with van der Waals surface area (Å²) in [6.45, 7) is 0. The third-order valence-electron chi connectivity index (χ3n) is 2.78. The van der Waals surface area contributed by atoms with Gasteiger partial charge >= 0.3 is 0 Å². The van der Waals surface area contributed by atoms with Crippen molar-refractivity contribution in [2.45, 2.75) is 12.8 Å². The molecule has 0 heterocycles. The van der Waals surface area contributed by atoms with Gasteiger partial charge in [-0.15, -0.1) is 0 Å². The van der Waals surface area contributed by atoms with Gasteiger partial charge in [-0.2, -0.15) is 0 Å². The van der Waals surface area contributed by atoms with Gasteiger partial charge in [-0.05, 0) is 36.2 Å². The van der Waals surface area contributed by atoms with Crippen LogP contribution in [-0.4, -0.2) is 5.91 Å². The molecule has 5 heteroatoms. The van der Waals surface area contributed by atoms with E-state index in [9.17, 15) is 4.79 Å². The minimum atomic E-state index is -0.107. The fourth-order valence-corrected chi connectivity index (χ4v) is 2.43. The van der Waals surface area contributed by atoms with Gasteiger partial charge < -0.3 is 5.32 Å². The number of halogens is 3. The topological polar surface area (TPSA) is 29.1 Å². The Labute approximate surface area is 132 Å². The maximum absolute atomic E-state index is 11.9. The fraction of sp³-hybridized carbons (Fsp3) is 0.133. The molecule has 0 fully saturated rings. The third-order valence-corrected chi connectivity index (χ3v) is 3.70. The molecule has 2 nitrogen and oxygen atoms in total. The van der Waals surface area contributed by atoms with Crippen molar-refractivity contribution in [3.05, 3.63) is 63.1 Å². The van der Waals surface area contributed by atoms with E-state index in [4.69, 9.17) is 34.8 Å². The highest BCUT2D eigenvalue weighted by molar-refractivity contribution is 6.35. The molecular weight excluding hydrogens is 317 g/mol. The molecule has 0 spiro atoms. The maximum Gasteiger partial charge on any atom is 0.224 e. The average Bonchev–Trinajstić information content (AvgIpc) is 2.40. The van der Waals surface area contributed by atoms with Crippen LogP contribution >= 0.6 is 34.8 Å². The van der Waals surface area contributed by atoms with Crippen LogP contribution in [0.25, 0.3) is 0 Å². The van der Waals surface area contributed by atoms with E-state index in [1.165, 1.54) is 0 Å². The smallest absolute Gasteiger partial charge is 0.224 e. The molecule has 2 aromatic carbocycles. The number of anilines is 1. The minimum Gasteiger partial charge on any atom is -0.325 e. The van der Waals surface area contributed by atoms with E-state index in [1.807, 2.05) is 18.2 Å². The standard InChI is InChI=1S/C15H12Cl3NO/c16-11-7-5-10(13(18)9-11)6-8-15(20)19-14-4-2-1-3-12(14)17/h1-5,7,9H,6,8H2,(H,19,20). The molecule has 104 valence electrons. The molecule has 20 heavy (non-hydrogen) atoms. The zero-order chi connectivity index (χ0) is 14.5. The number of carbonyl (C=O) groups is 1. The van der Waals surface area contributed by atoms with Gasteiger partial charge in [-0.25, -0.2) is 0 Å². The lowest BCUT2D eigenvalue weighted by atomic mass is 10.1. The van der Waals surface area contributed by atoms with Crippen LogP contribution in [0.1, 0.15) is 12.0 Å². The number of carbonyl (C=O) groups excluding carboxylic acids is 1. The summed E-state index contributed by atoms with van der Waals surface area (Å²) >= 11 is 17.9. The molecule has 1 N–H and O–H groups in total. The van der Waals surface area contributed by atoms with Crippen LogP contribution in [0.5, 0.6) is 0 Å². The first kappa shape index (κ1) is 15.2. The van der Waals surface area contributed by atoms with Crippen molar-refractivity contribution in [1.82, 2.24) is 0 Å². The maximum atomic E-state index is 11.9. The lowest BCUT2D eigenvalue weighted by Crippen LogP contribution is -2.12. The van der Waals surface area contributed by atoms with Crippen LogP contribution in [0.3, 0.4) is 0 Å². The molecule has 0 aromatic heterocycles. The Morgan fingerprint density at radius 2 is 1.75 bits per heavy atom. The van der Waals surface area contributed by atoms with Gasteiger partial charge in [-0.1, -0.05) is 53.0 Å². The summed E-state index contributed by atoms with van der Waals surface area (Å²) in [4.78, 5) is 11.9. The SMILES string of the molecule is O=C(CCc1ccc(Cl)cc1Cl)Nc1ccccc1Cl.